The number of nitrogens with zero attached hydrogens (tertiary/aromatic N) is 1. The molecule has 0 aliphatic carbocycles. The topological polar surface area (TPSA) is 66.5 Å². The first kappa shape index (κ1) is 16.8. The van der Waals surface area contributed by atoms with Crippen molar-refractivity contribution in [1.29, 1.82) is 0 Å². The Hall–Kier alpha value is -2.05. The molecule has 1 amide bonds. The van der Waals surface area contributed by atoms with Crippen LogP contribution in [0.25, 0.3) is 0 Å². The summed E-state index contributed by atoms with van der Waals surface area (Å²) in [6.07, 6.45) is 0. The van der Waals surface area contributed by atoms with Crippen LogP contribution < -0.4 is 9.62 Å². The molecule has 1 heterocycles. The second-order valence-electron chi connectivity index (χ2n) is 5.74. The Morgan fingerprint density at radius 1 is 1.25 bits per heavy atom. The quantitative estimate of drug-likeness (QED) is 0.907. The van der Waals surface area contributed by atoms with Gasteiger partial charge in [0.25, 0.3) is 0 Å². The molecule has 1 aliphatic heterocycles. The van der Waals surface area contributed by atoms with E-state index in [2.05, 4.69) is 5.32 Å². The fourth-order valence-corrected chi connectivity index (χ4v) is 4.48. The zero-order chi connectivity index (χ0) is 17.3. The highest BCUT2D eigenvalue weighted by molar-refractivity contribution is 7.92. The molecule has 0 saturated carbocycles. The number of carbonyl (C=O) groups is 1. The molecular weight excluding hydrogens is 348 g/mol. The second-order valence-corrected chi connectivity index (χ2v) is 8.07. The van der Waals surface area contributed by atoms with E-state index in [0.29, 0.717) is 16.3 Å². The molecule has 5 nitrogen and oxygen atoms in total. The van der Waals surface area contributed by atoms with Crippen LogP contribution in [0.3, 0.4) is 0 Å². The number of anilines is 1. The van der Waals surface area contributed by atoms with Gasteiger partial charge in [-0.1, -0.05) is 48.0 Å². The van der Waals surface area contributed by atoms with Crippen molar-refractivity contribution in [3.63, 3.8) is 0 Å². The van der Waals surface area contributed by atoms with Gasteiger partial charge in [0.05, 0.1) is 17.5 Å². The van der Waals surface area contributed by atoms with Gasteiger partial charge >= 0.3 is 0 Å². The number of benzene rings is 2. The molecular formula is C17H17ClN2O3S. The van der Waals surface area contributed by atoms with Crippen LogP contribution in [0.4, 0.5) is 5.69 Å². The highest BCUT2D eigenvalue weighted by Crippen LogP contribution is 2.35. The van der Waals surface area contributed by atoms with Crippen molar-refractivity contribution < 1.29 is 13.2 Å². The van der Waals surface area contributed by atoms with E-state index in [-0.39, 0.29) is 24.2 Å². The summed E-state index contributed by atoms with van der Waals surface area (Å²) in [5, 5.41) is 3.27. The molecule has 0 saturated heterocycles. The predicted octanol–water partition coefficient (Wildman–Crippen LogP) is 2.87. The molecule has 1 aliphatic rings. The van der Waals surface area contributed by atoms with E-state index in [0.717, 1.165) is 9.87 Å². The van der Waals surface area contributed by atoms with Gasteiger partial charge < -0.3 is 5.32 Å². The lowest BCUT2D eigenvalue weighted by molar-refractivity contribution is -0.120. The summed E-state index contributed by atoms with van der Waals surface area (Å²) in [6, 6.07) is 14.2. The molecule has 1 atom stereocenters. The number of halogens is 1. The summed E-state index contributed by atoms with van der Waals surface area (Å²) in [5.74, 6) is -0.469. The molecule has 2 aromatic carbocycles. The fraction of sp³-hybridized carbons (Fsp3) is 0.235. The van der Waals surface area contributed by atoms with Gasteiger partial charge in [-0.3, -0.25) is 9.10 Å². The molecule has 0 fully saturated rings. The van der Waals surface area contributed by atoms with Gasteiger partial charge in [-0.2, -0.15) is 0 Å². The zero-order valence-electron chi connectivity index (χ0n) is 13.1. The van der Waals surface area contributed by atoms with Crippen LogP contribution in [0.5, 0.6) is 0 Å². The minimum absolute atomic E-state index is 0.110. The Kier molecular flexibility index (Phi) is 4.51. The van der Waals surface area contributed by atoms with E-state index in [1.54, 1.807) is 18.2 Å². The number of rotatable bonds is 4. The lowest BCUT2D eigenvalue weighted by Crippen LogP contribution is -2.39. The number of carbonyl (C=O) groups excluding carboxylic acids is 1. The molecule has 2 aromatic rings. The highest BCUT2D eigenvalue weighted by atomic mass is 35.5. The Morgan fingerprint density at radius 3 is 2.67 bits per heavy atom. The van der Waals surface area contributed by atoms with Crippen molar-refractivity contribution in [2.45, 2.75) is 18.7 Å². The van der Waals surface area contributed by atoms with Crippen LogP contribution in [-0.2, 0) is 20.6 Å². The van der Waals surface area contributed by atoms with Gasteiger partial charge in [0.1, 0.15) is 6.54 Å². The van der Waals surface area contributed by atoms with Crippen molar-refractivity contribution in [1.82, 2.24) is 5.32 Å². The van der Waals surface area contributed by atoms with Gasteiger partial charge in [-0.15, -0.1) is 0 Å². The molecule has 0 radical (unpaired) electrons. The van der Waals surface area contributed by atoms with Crippen molar-refractivity contribution in [3.05, 3.63) is 64.7 Å². The summed E-state index contributed by atoms with van der Waals surface area (Å²) < 4.78 is 25.8. The maximum atomic E-state index is 12.3. The number of hydrogen-bond acceptors (Lipinski definition) is 3. The summed E-state index contributed by atoms with van der Waals surface area (Å²) in [7, 11) is -3.54. The number of sulfonamides is 1. The van der Waals surface area contributed by atoms with E-state index in [9.17, 15) is 13.2 Å². The van der Waals surface area contributed by atoms with Crippen LogP contribution >= 0.6 is 11.6 Å². The van der Waals surface area contributed by atoms with Crippen LogP contribution in [-0.4, -0.2) is 20.9 Å². The first-order valence-corrected chi connectivity index (χ1v) is 9.49. The lowest BCUT2D eigenvalue weighted by atomic mass is 10.1. The lowest BCUT2D eigenvalue weighted by Gasteiger charge is -2.20. The van der Waals surface area contributed by atoms with Crippen molar-refractivity contribution in [3.8, 4) is 0 Å². The summed E-state index contributed by atoms with van der Waals surface area (Å²) >= 11 is 5.96. The minimum Gasteiger partial charge on any atom is -0.348 e. The molecule has 0 aromatic heterocycles. The van der Waals surface area contributed by atoms with Gasteiger partial charge in [0.2, 0.25) is 15.9 Å². The van der Waals surface area contributed by atoms with Crippen molar-refractivity contribution in [2.24, 2.45) is 0 Å². The monoisotopic (exact) mass is 364 g/mol. The van der Waals surface area contributed by atoms with Crippen molar-refractivity contribution >= 4 is 33.2 Å². The molecule has 3 rings (SSSR count). The minimum atomic E-state index is -3.54. The maximum absolute atomic E-state index is 12.3. The molecule has 7 heteroatoms. The third-order valence-electron chi connectivity index (χ3n) is 3.95. The predicted molar refractivity (Wildman–Crippen MR) is 94.4 cm³/mol. The molecule has 24 heavy (non-hydrogen) atoms. The second kappa shape index (κ2) is 6.45. The summed E-state index contributed by atoms with van der Waals surface area (Å²) in [6.45, 7) is 1.60. The van der Waals surface area contributed by atoms with Gasteiger partial charge in [0.15, 0.2) is 0 Å². The SMILES string of the molecule is C[C@H](NC(=O)CN1c2cc(Cl)ccc2CS1(=O)=O)c1ccccc1. The van der Waals surface area contributed by atoms with Gasteiger partial charge in [-0.25, -0.2) is 8.42 Å². The average Bonchev–Trinajstić information content (AvgIpc) is 2.78. The standard InChI is InChI=1S/C17H17ClN2O3S/c1-12(13-5-3-2-4-6-13)19-17(21)10-20-16-9-15(18)8-7-14(16)11-24(20,22)23/h2-9,12H,10-11H2,1H3,(H,19,21)/t12-/m0/s1. The number of hydrogen-bond donors (Lipinski definition) is 1. The van der Waals surface area contributed by atoms with Crippen LogP contribution in [0.15, 0.2) is 48.5 Å². The molecule has 1 N–H and O–H groups in total. The van der Waals surface area contributed by atoms with E-state index in [1.165, 1.54) is 0 Å². The number of nitrogens with one attached hydrogen (secondary N) is 1. The first-order valence-electron chi connectivity index (χ1n) is 7.50. The third-order valence-corrected chi connectivity index (χ3v) is 5.86. The Labute approximate surface area is 146 Å². The zero-order valence-corrected chi connectivity index (χ0v) is 14.6. The largest absolute Gasteiger partial charge is 0.348 e. The summed E-state index contributed by atoms with van der Waals surface area (Å²) in [4.78, 5) is 12.3. The van der Waals surface area contributed by atoms with Gasteiger partial charge in [0, 0.05) is 5.02 Å². The van der Waals surface area contributed by atoms with Crippen LogP contribution in [0.1, 0.15) is 24.1 Å². The molecule has 0 unspecified atom stereocenters. The molecule has 126 valence electrons. The van der Waals surface area contributed by atoms with Crippen LogP contribution in [0, 0.1) is 0 Å². The third kappa shape index (κ3) is 3.39. The van der Waals surface area contributed by atoms with E-state index < -0.39 is 10.0 Å². The van der Waals surface area contributed by atoms with E-state index in [1.807, 2.05) is 37.3 Å². The Bertz CT molecular complexity index is 869. The maximum Gasteiger partial charge on any atom is 0.241 e. The normalized spacial score (nSPS) is 16.5. The highest BCUT2D eigenvalue weighted by Gasteiger charge is 2.34. The fourth-order valence-electron chi connectivity index (χ4n) is 2.74. The van der Waals surface area contributed by atoms with Gasteiger partial charge in [-0.05, 0) is 30.2 Å². The number of fused-ring (bicyclic) bond motifs is 1. The van der Waals surface area contributed by atoms with Crippen molar-refractivity contribution in [2.75, 3.05) is 10.8 Å². The average molecular weight is 365 g/mol. The van der Waals surface area contributed by atoms with E-state index in [4.69, 9.17) is 11.6 Å². The Balaban J connectivity index is 1.76. The number of amides is 1. The Morgan fingerprint density at radius 2 is 1.96 bits per heavy atom. The first-order chi connectivity index (χ1) is 11.4. The smallest absolute Gasteiger partial charge is 0.241 e. The molecule has 0 spiro atoms. The van der Waals surface area contributed by atoms with E-state index >= 15 is 0 Å². The summed E-state index contributed by atoms with van der Waals surface area (Å²) in [5.41, 5.74) is 2.09. The van der Waals surface area contributed by atoms with Crippen LogP contribution in [0.2, 0.25) is 5.02 Å². The molecule has 0 bridgehead atoms.